The molecule has 0 saturated carbocycles. The van der Waals surface area contributed by atoms with Gasteiger partial charge in [0, 0.05) is 13.1 Å². The van der Waals surface area contributed by atoms with Gasteiger partial charge in [0.05, 0.1) is 17.9 Å². The Morgan fingerprint density at radius 3 is 3.30 bits per heavy atom. The molecule has 5 nitrogen and oxygen atoms in total. The number of anilines is 1. The summed E-state index contributed by atoms with van der Waals surface area (Å²) in [7, 11) is 0. The van der Waals surface area contributed by atoms with E-state index >= 15 is 0 Å². The largest absolute Gasteiger partial charge is 0.466 e. The van der Waals surface area contributed by atoms with Gasteiger partial charge >= 0.3 is 5.97 Å². The molecule has 1 saturated heterocycles. The zero-order valence-electron chi connectivity index (χ0n) is 11.4. The van der Waals surface area contributed by atoms with E-state index in [2.05, 4.69) is 14.9 Å². The second-order valence-electron chi connectivity index (χ2n) is 4.87. The first kappa shape index (κ1) is 13.3. The van der Waals surface area contributed by atoms with Gasteiger partial charge in [-0.15, -0.1) is 11.3 Å². The predicted molar refractivity (Wildman–Crippen MR) is 79.0 cm³/mol. The van der Waals surface area contributed by atoms with E-state index in [9.17, 15) is 4.79 Å². The van der Waals surface area contributed by atoms with Gasteiger partial charge in [0.15, 0.2) is 0 Å². The maximum absolute atomic E-state index is 11.9. The highest BCUT2D eigenvalue weighted by Gasteiger charge is 2.28. The number of piperidine rings is 1. The number of hydrogen-bond acceptors (Lipinski definition) is 6. The second kappa shape index (κ2) is 5.75. The average Bonchev–Trinajstić information content (AvgIpc) is 2.96. The van der Waals surface area contributed by atoms with Gasteiger partial charge in [-0.1, -0.05) is 0 Å². The first-order valence-corrected chi connectivity index (χ1v) is 7.77. The summed E-state index contributed by atoms with van der Waals surface area (Å²) in [4.78, 5) is 23.8. The fraction of sp³-hybridized carbons (Fsp3) is 0.500. The Hall–Kier alpha value is -1.69. The summed E-state index contributed by atoms with van der Waals surface area (Å²) in [5.41, 5.74) is 0. The maximum Gasteiger partial charge on any atom is 0.310 e. The molecule has 106 valence electrons. The number of esters is 1. The van der Waals surface area contributed by atoms with Crippen LogP contribution in [0.15, 0.2) is 17.8 Å². The van der Waals surface area contributed by atoms with Crippen molar-refractivity contribution in [3.8, 4) is 0 Å². The Morgan fingerprint density at radius 2 is 2.45 bits per heavy atom. The van der Waals surface area contributed by atoms with E-state index in [1.54, 1.807) is 17.7 Å². The lowest BCUT2D eigenvalue weighted by atomic mass is 9.98. The summed E-state index contributed by atoms with van der Waals surface area (Å²) >= 11 is 1.61. The molecule has 0 bridgehead atoms. The lowest BCUT2D eigenvalue weighted by Gasteiger charge is -2.32. The van der Waals surface area contributed by atoms with E-state index < -0.39 is 0 Å². The van der Waals surface area contributed by atoms with Crippen LogP contribution in [0.2, 0.25) is 0 Å². The number of ether oxygens (including phenoxy) is 1. The van der Waals surface area contributed by atoms with Crippen molar-refractivity contribution in [3.05, 3.63) is 17.8 Å². The molecular weight excluding hydrogens is 274 g/mol. The lowest BCUT2D eigenvalue weighted by Crippen LogP contribution is -2.39. The van der Waals surface area contributed by atoms with E-state index in [1.807, 2.05) is 18.4 Å². The number of carbonyl (C=O) groups is 1. The van der Waals surface area contributed by atoms with Crippen LogP contribution in [0.3, 0.4) is 0 Å². The maximum atomic E-state index is 11.9. The number of nitrogens with zero attached hydrogens (tertiary/aromatic N) is 3. The van der Waals surface area contributed by atoms with Crippen LogP contribution in [0.1, 0.15) is 19.8 Å². The van der Waals surface area contributed by atoms with Crippen molar-refractivity contribution in [2.45, 2.75) is 19.8 Å². The number of rotatable bonds is 3. The Kier molecular flexibility index (Phi) is 3.82. The van der Waals surface area contributed by atoms with Crippen molar-refractivity contribution in [1.82, 2.24) is 9.97 Å². The smallest absolute Gasteiger partial charge is 0.310 e. The summed E-state index contributed by atoms with van der Waals surface area (Å²) in [6, 6.07) is 2.04. The van der Waals surface area contributed by atoms with Gasteiger partial charge in [0.1, 0.15) is 17.0 Å². The number of carbonyl (C=O) groups excluding carboxylic acids is 1. The fourth-order valence-electron chi connectivity index (χ4n) is 2.65. The Labute approximate surface area is 121 Å². The van der Waals surface area contributed by atoms with Crippen LogP contribution < -0.4 is 4.90 Å². The van der Waals surface area contributed by atoms with Crippen LogP contribution in [0.5, 0.6) is 0 Å². The van der Waals surface area contributed by atoms with Crippen LogP contribution in [-0.4, -0.2) is 35.6 Å². The first-order chi connectivity index (χ1) is 9.79. The average molecular weight is 291 g/mol. The highest BCUT2D eigenvalue weighted by atomic mass is 32.1. The normalized spacial score (nSPS) is 19.2. The molecule has 0 N–H and O–H groups in total. The minimum absolute atomic E-state index is 0.0487. The van der Waals surface area contributed by atoms with Crippen molar-refractivity contribution in [2.75, 3.05) is 24.6 Å². The molecular formula is C14H17N3O2S. The zero-order valence-corrected chi connectivity index (χ0v) is 12.2. The topological polar surface area (TPSA) is 55.3 Å². The van der Waals surface area contributed by atoms with E-state index in [-0.39, 0.29) is 11.9 Å². The molecule has 1 unspecified atom stereocenters. The van der Waals surface area contributed by atoms with Crippen molar-refractivity contribution < 1.29 is 9.53 Å². The van der Waals surface area contributed by atoms with Crippen LogP contribution in [0.25, 0.3) is 10.2 Å². The van der Waals surface area contributed by atoms with Gasteiger partial charge in [-0.25, -0.2) is 9.97 Å². The molecule has 1 aliphatic heterocycles. The molecule has 1 atom stereocenters. The quantitative estimate of drug-likeness (QED) is 0.813. The lowest BCUT2D eigenvalue weighted by molar-refractivity contribution is -0.148. The van der Waals surface area contributed by atoms with E-state index in [1.165, 1.54) is 0 Å². The molecule has 0 spiro atoms. The van der Waals surface area contributed by atoms with Gasteiger partial charge in [-0.2, -0.15) is 0 Å². The van der Waals surface area contributed by atoms with Crippen LogP contribution in [0, 0.1) is 5.92 Å². The number of thiophene rings is 1. The van der Waals surface area contributed by atoms with Crippen LogP contribution >= 0.6 is 11.3 Å². The van der Waals surface area contributed by atoms with Gasteiger partial charge in [0.2, 0.25) is 0 Å². The summed E-state index contributed by atoms with van der Waals surface area (Å²) in [5, 5.41) is 3.09. The molecule has 0 aliphatic carbocycles. The number of hydrogen-bond donors (Lipinski definition) is 0. The van der Waals surface area contributed by atoms with Gasteiger partial charge in [0.25, 0.3) is 0 Å². The Balaban J connectivity index is 1.83. The van der Waals surface area contributed by atoms with Crippen molar-refractivity contribution in [3.63, 3.8) is 0 Å². The van der Waals surface area contributed by atoms with E-state index in [4.69, 9.17) is 4.74 Å². The Bertz CT molecular complexity index is 613. The van der Waals surface area contributed by atoms with Gasteiger partial charge in [-0.3, -0.25) is 4.79 Å². The highest BCUT2D eigenvalue weighted by Crippen LogP contribution is 2.30. The molecule has 0 aromatic carbocycles. The Morgan fingerprint density at radius 1 is 1.55 bits per heavy atom. The summed E-state index contributed by atoms with van der Waals surface area (Å²) < 4.78 is 5.14. The van der Waals surface area contributed by atoms with Crippen LogP contribution in [0.4, 0.5) is 5.82 Å². The third-order valence-corrected chi connectivity index (χ3v) is 4.40. The molecule has 0 amide bonds. The predicted octanol–water partition coefficient (Wildman–Crippen LogP) is 2.47. The fourth-order valence-corrected chi connectivity index (χ4v) is 3.38. The van der Waals surface area contributed by atoms with E-state index in [0.29, 0.717) is 13.2 Å². The molecule has 3 heterocycles. The summed E-state index contributed by atoms with van der Waals surface area (Å²) in [5.74, 6) is 0.797. The zero-order chi connectivity index (χ0) is 13.9. The summed E-state index contributed by atoms with van der Waals surface area (Å²) in [6.07, 6.45) is 3.48. The van der Waals surface area contributed by atoms with E-state index in [0.717, 1.165) is 35.4 Å². The monoisotopic (exact) mass is 291 g/mol. The molecule has 2 aromatic heterocycles. The van der Waals surface area contributed by atoms with Crippen molar-refractivity contribution in [2.24, 2.45) is 5.92 Å². The second-order valence-corrected chi connectivity index (χ2v) is 5.77. The molecule has 20 heavy (non-hydrogen) atoms. The third kappa shape index (κ3) is 2.47. The third-order valence-electron chi connectivity index (χ3n) is 3.58. The number of aromatic nitrogens is 2. The number of fused-ring (bicyclic) bond motifs is 1. The molecule has 0 radical (unpaired) electrons. The minimum Gasteiger partial charge on any atom is -0.466 e. The standard InChI is InChI=1S/C14H17N3O2S/c1-2-19-14(18)10-4-3-6-17(8-10)12-11-5-7-20-13(11)16-9-15-12/h5,7,9-10H,2-4,6,8H2,1H3. The van der Waals surface area contributed by atoms with Gasteiger partial charge in [-0.05, 0) is 31.2 Å². The minimum atomic E-state index is -0.0900. The molecule has 3 rings (SSSR count). The van der Waals surface area contributed by atoms with Crippen molar-refractivity contribution >= 4 is 33.3 Å². The summed E-state index contributed by atoms with van der Waals surface area (Å²) in [6.45, 7) is 3.90. The van der Waals surface area contributed by atoms with Gasteiger partial charge < -0.3 is 9.64 Å². The van der Waals surface area contributed by atoms with Crippen molar-refractivity contribution in [1.29, 1.82) is 0 Å². The molecule has 1 fully saturated rings. The van der Waals surface area contributed by atoms with Crippen LogP contribution in [-0.2, 0) is 9.53 Å². The molecule has 2 aromatic rings. The highest BCUT2D eigenvalue weighted by molar-refractivity contribution is 7.16. The molecule has 6 heteroatoms. The molecule has 1 aliphatic rings. The first-order valence-electron chi connectivity index (χ1n) is 6.89. The SMILES string of the molecule is CCOC(=O)C1CCCN(c2ncnc3sccc23)C1.